The van der Waals surface area contributed by atoms with Crippen molar-refractivity contribution in [2.75, 3.05) is 44.7 Å². The van der Waals surface area contributed by atoms with E-state index in [1.54, 1.807) is 6.07 Å². The molecule has 0 aliphatic carbocycles. The van der Waals surface area contributed by atoms with Gasteiger partial charge in [0.05, 0.1) is 23.4 Å². The molecule has 0 spiro atoms. The Morgan fingerprint density at radius 1 is 1.37 bits per heavy atom. The molecule has 4 nitrogen and oxygen atoms in total. The number of rotatable bonds is 4. The van der Waals surface area contributed by atoms with Crippen molar-refractivity contribution >= 4 is 26.7 Å². The standard InChI is InChI=1S/C13H16FN3OS/c14-10-1-2-11-12(9-10)19-13(16-11)15-3-4-17-5-7-18-8-6-17/h1-2,9H,3-8H2,(H,15,16). The number of benzene rings is 1. The second-order valence-electron chi connectivity index (χ2n) is 4.51. The minimum absolute atomic E-state index is 0.212. The summed E-state index contributed by atoms with van der Waals surface area (Å²) in [4.78, 5) is 6.80. The van der Waals surface area contributed by atoms with Gasteiger partial charge in [0.15, 0.2) is 5.13 Å². The summed E-state index contributed by atoms with van der Waals surface area (Å²) >= 11 is 1.49. The molecule has 1 fully saturated rings. The van der Waals surface area contributed by atoms with Gasteiger partial charge in [-0.3, -0.25) is 4.90 Å². The highest BCUT2D eigenvalue weighted by Gasteiger charge is 2.10. The lowest BCUT2D eigenvalue weighted by Crippen LogP contribution is -2.38. The molecule has 1 saturated heterocycles. The van der Waals surface area contributed by atoms with Crippen LogP contribution in [0.25, 0.3) is 10.2 Å². The molecule has 0 atom stereocenters. The molecule has 0 amide bonds. The molecule has 0 bridgehead atoms. The van der Waals surface area contributed by atoms with Crippen molar-refractivity contribution in [1.29, 1.82) is 0 Å². The predicted octanol–water partition coefficient (Wildman–Crippen LogP) is 2.18. The third-order valence-corrected chi connectivity index (χ3v) is 4.13. The molecule has 0 radical (unpaired) electrons. The zero-order valence-corrected chi connectivity index (χ0v) is 11.4. The monoisotopic (exact) mass is 281 g/mol. The topological polar surface area (TPSA) is 37.4 Å². The number of ether oxygens (including phenoxy) is 1. The van der Waals surface area contributed by atoms with Crippen LogP contribution in [0, 0.1) is 5.82 Å². The summed E-state index contributed by atoms with van der Waals surface area (Å²) in [5, 5.41) is 4.16. The Hall–Kier alpha value is -1.24. The van der Waals surface area contributed by atoms with Crippen LogP contribution >= 0.6 is 11.3 Å². The first-order valence-electron chi connectivity index (χ1n) is 6.41. The Morgan fingerprint density at radius 2 is 2.21 bits per heavy atom. The van der Waals surface area contributed by atoms with E-state index in [2.05, 4.69) is 15.2 Å². The van der Waals surface area contributed by atoms with Gasteiger partial charge in [0.1, 0.15) is 5.82 Å². The molecule has 3 rings (SSSR count). The van der Waals surface area contributed by atoms with Crippen molar-refractivity contribution in [3.63, 3.8) is 0 Å². The number of anilines is 1. The molecular formula is C13H16FN3OS. The van der Waals surface area contributed by atoms with Crippen molar-refractivity contribution in [2.24, 2.45) is 0 Å². The SMILES string of the molecule is Fc1ccc2nc(NCCN3CCOCC3)sc2c1. The predicted molar refractivity (Wildman–Crippen MR) is 75.3 cm³/mol. The first-order chi connectivity index (χ1) is 9.31. The van der Waals surface area contributed by atoms with Crippen LogP contribution in [-0.2, 0) is 4.74 Å². The summed E-state index contributed by atoms with van der Waals surface area (Å²) in [6.07, 6.45) is 0. The van der Waals surface area contributed by atoms with Crippen molar-refractivity contribution in [1.82, 2.24) is 9.88 Å². The van der Waals surface area contributed by atoms with E-state index < -0.39 is 0 Å². The second kappa shape index (κ2) is 5.81. The molecule has 0 saturated carbocycles. The van der Waals surface area contributed by atoms with Gasteiger partial charge < -0.3 is 10.1 Å². The van der Waals surface area contributed by atoms with Crippen LogP contribution in [0.2, 0.25) is 0 Å². The van der Waals surface area contributed by atoms with Gasteiger partial charge in [0.25, 0.3) is 0 Å². The normalized spacial score (nSPS) is 16.9. The van der Waals surface area contributed by atoms with E-state index in [9.17, 15) is 4.39 Å². The Balaban J connectivity index is 1.56. The second-order valence-corrected chi connectivity index (χ2v) is 5.54. The molecule has 6 heteroatoms. The maximum Gasteiger partial charge on any atom is 0.183 e. The first kappa shape index (κ1) is 12.8. The molecule has 1 aromatic carbocycles. The van der Waals surface area contributed by atoms with Crippen LogP contribution in [0.1, 0.15) is 0 Å². The summed E-state index contributed by atoms with van der Waals surface area (Å²) in [6, 6.07) is 4.69. The molecule has 1 N–H and O–H groups in total. The van der Waals surface area contributed by atoms with E-state index in [1.165, 1.54) is 23.5 Å². The third kappa shape index (κ3) is 3.20. The van der Waals surface area contributed by atoms with E-state index in [0.717, 1.165) is 54.7 Å². The van der Waals surface area contributed by atoms with Crippen molar-refractivity contribution in [3.8, 4) is 0 Å². The number of fused-ring (bicyclic) bond motifs is 1. The van der Waals surface area contributed by atoms with Crippen LogP contribution < -0.4 is 5.32 Å². The average Bonchev–Trinajstić information content (AvgIpc) is 2.82. The molecule has 0 unspecified atom stereocenters. The van der Waals surface area contributed by atoms with E-state index in [0.29, 0.717) is 0 Å². The number of nitrogens with zero attached hydrogens (tertiary/aromatic N) is 2. The summed E-state index contributed by atoms with van der Waals surface area (Å²) in [5.41, 5.74) is 0.847. The van der Waals surface area contributed by atoms with E-state index in [1.807, 2.05) is 0 Å². The van der Waals surface area contributed by atoms with Crippen molar-refractivity contribution < 1.29 is 9.13 Å². The molecule has 1 aromatic heterocycles. The number of morpholine rings is 1. The number of thiazole rings is 1. The van der Waals surface area contributed by atoms with Crippen molar-refractivity contribution in [2.45, 2.75) is 0 Å². The zero-order valence-electron chi connectivity index (χ0n) is 10.6. The fraction of sp³-hybridized carbons (Fsp3) is 0.462. The van der Waals surface area contributed by atoms with Crippen LogP contribution in [0.3, 0.4) is 0 Å². The quantitative estimate of drug-likeness (QED) is 0.932. The Kier molecular flexibility index (Phi) is 3.91. The van der Waals surface area contributed by atoms with E-state index >= 15 is 0 Å². The van der Waals surface area contributed by atoms with Crippen LogP contribution in [0.5, 0.6) is 0 Å². The highest BCUT2D eigenvalue weighted by molar-refractivity contribution is 7.22. The summed E-state index contributed by atoms with van der Waals surface area (Å²) < 4.78 is 19.3. The number of halogens is 1. The largest absolute Gasteiger partial charge is 0.379 e. The van der Waals surface area contributed by atoms with Gasteiger partial charge in [-0.25, -0.2) is 9.37 Å². The summed E-state index contributed by atoms with van der Waals surface area (Å²) in [6.45, 7) is 5.45. The smallest absolute Gasteiger partial charge is 0.183 e. The fourth-order valence-electron chi connectivity index (χ4n) is 2.12. The number of nitrogens with one attached hydrogen (secondary N) is 1. The lowest BCUT2D eigenvalue weighted by molar-refractivity contribution is 0.0398. The number of hydrogen-bond donors (Lipinski definition) is 1. The van der Waals surface area contributed by atoms with Gasteiger partial charge in [-0.15, -0.1) is 0 Å². The maximum atomic E-state index is 13.1. The number of aromatic nitrogens is 1. The molecule has 2 aromatic rings. The minimum Gasteiger partial charge on any atom is -0.379 e. The third-order valence-electron chi connectivity index (χ3n) is 3.16. The van der Waals surface area contributed by atoms with Gasteiger partial charge in [0, 0.05) is 26.2 Å². The maximum absolute atomic E-state index is 13.1. The van der Waals surface area contributed by atoms with E-state index in [4.69, 9.17) is 4.74 Å². The average molecular weight is 281 g/mol. The Morgan fingerprint density at radius 3 is 3.05 bits per heavy atom. The van der Waals surface area contributed by atoms with Gasteiger partial charge in [-0.1, -0.05) is 11.3 Å². The van der Waals surface area contributed by atoms with Crippen LogP contribution in [0.4, 0.5) is 9.52 Å². The van der Waals surface area contributed by atoms with Crippen LogP contribution in [0.15, 0.2) is 18.2 Å². The molecule has 1 aliphatic rings. The minimum atomic E-state index is -0.212. The summed E-state index contributed by atoms with van der Waals surface area (Å²) in [7, 11) is 0. The van der Waals surface area contributed by atoms with Crippen molar-refractivity contribution in [3.05, 3.63) is 24.0 Å². The van der Waals surface area contributed by atoms with Gasteiger partial charge in [-0.2, -0.15) is 0 Å². The fourth-order valence-corrected chi connectivity index (χ4v) is 3.04. The molecule has 102 valence electrons. The molecule has 19 heavy (non-hydrogen) atoms. The first-order valence-corrected chi connectivity index (χ1v) is 7.23. The number of hydrogen-bond acceptors (Lipinski definition) is 5. The molecular weight excluding hydrogens is 265 g/mol. The van der Waals surface area contributed by atoms with Gasteiger partial charge in [-0.05, 0) is 18.2 Å². The molecule has 1 aliphatic heterocycles. The lowest BCUT2D eigenvalue weighted by atomic mass is 10.3. The summed E-state index contributed by atoms with van der Waals surface area (Å²) in [5.74, 6) is -0.212. The Bertz CT molecular complexity index is 554. The van der Waals surface area contributed by atoms with Gasteiger partial charge >= 0.3 is 0 Å². The van der Waals surface area contributed by atoms with E-state index in [-0.39, 0.29) is 5.82 Å². The highest BCUT2D eigenvalue weighted by Crippen LogP contribution is 2.26. The zero-order chi connectivity index (χ0) is 13.1. The van der Waals surface area contributed by atoms with Crippen LogP contribution in [-0.4, -0.2) is 49.3 Å². The molecule has 2 heterocycles. The van der Waals surface area contributed by atoms with Gasteiger partial charge in [0.2, 0.25) is 0 Å². The highest BCUT2D eigenvalue weighted by atomic mass is 32.1. The lowest BCUT2D eigenvalue weighted by Gasteiger charge is -2.26. The Labute approximate surface area is 115 Å².